The van der Waals surface area contributed by atoms with Crippen molar-refractivity contribution in [3.63, 3.8) is 0 Å². The van der Waals surface area contributed by atoms with Crippen molar-refractivity contribution in [1.82, 2.24) is 4.98 Å². The monoisotopic (exact) mass is 409 g/mol. The van der Waals surface area contributed by atoms with Gasteiger partial charge in [-0.3, -0.25) is 9.00 Å². The lowest BCUT2D eigenvalue weighted by molar-refractivity contribution is 0.112. The minimum Gasteiger partial charge on any atom is -0.419 e. The maximum absolute atomic E-state index is 14.0. The Hall–Kier alpha value is -2.55. The molecular formula is C18H17ClFN3O3S. The first-order chi connectivity index (χ1) is 13.0. The molecule has 3 N–H and O–H groups in total. The minimum absolute atomic E-state index is 0.0162. The Balaban J connectivity index is 0.00000126. The third-order valence-corrected chi connectivity index (χ3v) is 4.64. The zero-order chi connectivity index (χ0) is 20.0. The summed E-state index contributed by atoms with van der Waals surface area (Å²) in [5, 5.41) is 3.02. The van der Waals surface area contributed by atoms with E-state index in [1.807, 2.05) is 0 Å². The van der Waals surface area contributed by atoms with Crippen LogP contribution in [-0.2, 0) is 10.8 Å². The van der Waals surface area contributed by atoms with Gasteiger partial charge in [0.1, 0.15) is 5.82 Å². The fourth-order valence-electron chi connectivity index (χ4n) is 2.17. The quantitative estimate of drug-likeness (QED) is 0.618. The zero-order valence-electron chi connectivity index (χ0n) is 14.5. The molecule has 6 nitrogen and oxygen atoms in total. The normalized spacial score (nSPS) is 11.3. The molecule has 0 fully saturated rings. The predicted octanol–water partition coefficient (Wildman–Crippen LogP) is 4.00. The van der Waals surface area contributed by atoms with Crippen molar-refractivity contribution in [1.29, 1.82) is 0 Å². The van der Waals surface area contributed by atoms with E-state index in [0.717, 1.165) is 0 Å². The van der Waals surface area contributed by atoms with Gasteiger partial charge in [-0.15, -0.1) is 0 Å². The second-order valence-electron chi connectivity index (χ2n) is 5.05. The van der Waals surface area contributed by atoms with Gasteiger partial charge in [-0.2, -0.15) is 0 Å². The molecule has 0 saturated heterocycles. The highest BCUT2D eigenvalue weighted by Gasteiger charge is 2.19. The molecule has 0 radical (unpaired) electrons. The Kier molecular flexibility index (Phi) is 7.23. The topological polar surface area (TPSA) is 98.2 Å². The number of nitrogens with two attached hydrogens (primary N) is 1. The number of aromatic nitrogens is 1. The fourth-order valence-corrected chi connectivity index (χ4v) is 2.93. The summed E-state index contributed by atoms with van der Waals surface area (Å²) in [4.78, 5) is 15.9. The first-order valence-electron chi connectivity index (χ1n) is 7.68. The van der Waals surface area contributed by atoms with E-state index in [1.54, 1.807) is 30.5 Å². The maximum Gasteiger partial charge on any atom is 0.233 e. The van der Waals surface area contributed by atoms with E-state index < -0.39 is 16.6 Å². The second kappa shape index (κ2) is 9.40. The van der Waals surface area contributed by atoms with Gasteiger partial charge < -0.3 is 15.5 Å². The molecule has 0 aliphatic carbocycles. The van der Waals surface area contributed by atoms with Crippen LogP contribution in [0.5, 0.6) is 0 Å². The first-order valence-corrected chi connectivity index (χ1v) is 9.62. The van der Waals surface area contributed by atoms with E-state index in [9.17, 15) is 13.4 Å². The van der Waals surface area contributed by atoms with Crippen LogP contribution in [0.4, 0.5) is 16.0 Å². The Labute approximate surface area is 163 Å². The molecule has 1 heterocycles. The first kappa shape index (κ1) is 20.8. The molecule has 1 aromatic heterocycles. The molecule has 1 unspecified atom stereocenters. The lowest BCUT2D eigenvalue weighted by Crippen LogP contribution is -1.94. The number of carbonyl (C=O) groups is 1. The zero-order valence-corrected chi connectivity index (χ0v) is 16.1. The lowest BCUT2D eigenvalue weighted by atomic mass is 10.2. The molecule has 0 bridgehead atoms. The average Bonchev–Trinajstić information content (AvgIpc) is 3.06. The van der Waals surface area contributed by atoms with Crippen molar-refractivity contribution in [3.05, 3.63) is 59.0 Å². The van der Waals surface area contributed by atoms with Crippen LogP contribution in [0.2, 0.25) is 5.02 Å². The van der Waals surface area contributed by atoms with Crippen LogP contribution < -0.4 is 11.1 Å². The van der Waals surface area contributed by atoms with Crippen LogP contribution in [0.25, 0.3) is 11.5 Å². The van der Waals surface area contributed by atoms with Crippen molar-refractivity contribution in [3.8, 4) is 11.5 Å². The third kappa shape index (κ3) is 4.79. The SMILES string of the molecule is CN.CS(=O)c1ccc(Nc2oc(-c3c(F)cccc3Cl)nc2C=O)cc1. The molecule has 27 heavy (non-hydrogen) atoms. The van der Waals surface area contributed by atoms with E-state index in [0.29, 0.717) is 16.9 Å². The smallest absolute Gasteiger partial charge is 0.233 e. The van der Waals surface area contributed by atoms with Crippen LogP contribution in [0, 0.1) is 5.82 Å². The molecule has 2 aromatic carbocycles. The molecule has 9 heteroatoms. The van der Waals surface area contributed by atoms with Crippen LogP contribution in [0.15, 0.2) is 51.8 Å². The highest BCUT2D eigenvalue weighted by Crippen LogP contribution is 2.33. The van der Waals surface area contributed by atoms with Crippen LogP contribution in [0.1, 0.15) is 10.5 Å². The highest BCUT2D eigenvalue weighted by atomic mass is 35.5. The molecule has 3 rings (SSSR count). The minimum atomic E-state index is -1.09. The third-order valence-electron chi connectivity index (χ3n) is 3.39. The van der Waals surface area contributed by atoms with Gasteiger partial charge in [0, 0.05) is 27.6 Å². The summed E-state index contributed by atoms with van der Waals surface area (Å²) in [6.45, 7) is 0. The van der Waals surface area contributed by atoms with Gasteiger partial charge in [-0.25, -0.2) is 9.37 Å². The predicted molar refractivity (Wildman–Crippen MR) is 104 cm³/mol. The van der Waals surface area contributed by atoms with Gasteiger partial charge in [0.15, 0.2) is 12.0 Å². The van der Waals surface area contributed by atoms with E-state index in [1.165, 1.54) is 25.2 Å². The van der Waals surface area contributed by atoms with E-state index >= 15 is 0 Å². The van der Waals surface area contributed by atoms with E-state index in [2.05, 4.69) is 16.0 Å². The summed E-state index contributed by atoms with van der Waals surface area (Å²) in [6, 6.07) is 10.9. The Morgan fingerprint density at radius 2 is 1.89 bits per heavy atom. The molecule has 0 aliphatic rings. The number of oxazole rings is 1. The lowest BCUT2D eigenvalue weighted by Gasteiger charge is -2.04. The molecule has 1 atom stereocenters. The largest absolute Gasteiger partial charge is 0.419 e. The summed E-state index contributed by atoms with van der Waals surface area (Å²) in [5.41, 5.74) is 5.06. The van der Waals surface area contributed by atoms with Crippen molar-refractivity contribution in [2.24, 2.45) is 5.73 Å². The number of carbonyl (C=O) groups excluding carboxylic acids is 1. The van der Waals surface area contributed by atoms with Crippen molar-refractivity contribution < 1.29 is 17.8 Å². The van der Waals surface area contributed by atoms with Crippen molar-refractivity contribution >= 4 is 40.3 Å². The molecule has 0 saturated carbocycles. The number of hydrogen-bond acceptors (Lipinski definition) is 6. The van der Waals surface area contributed by atoms with Gasteiger partial charge in [0.2, 0.25) is 11.8 Å². The van der Waals surface area contributed by atoms with E-state index in [-0.39, 0.29) is 28.1 Å². The number of halogens is 2. The van der Waals surface area contributed by atoms with Crippen LogP contribution >= 0.6 is 11.6 Å². The molecule has 142 valence electrons. The van der Waals surface area contributed by atoms with Gasteiger partial charge in [-0.05, 0) is 43.4 Å². The molecular weight excluding hydrogens is 393 g/mol. The number of aldehydes is 1. The van der Waals surface area contributed by atoms with Gasteiger partial charge in [-0.1, -0.05) is 17.7 Å². The van der Waals surface area contributed by atoms with Crippen LogP contribution in [0.3, 0.4) is 0 Å². The summed E-state index contributed by atoms with van der Waals surface area (Å²) in [7, 11) is 0.408. The number of hydrogen-bond donors (Lipinski definition) is 2. The Bertz CT molecular complexity index is 941. The number of anilines is 2. The summed E-state index contributed by atoms with van der Waals surface area (Å²) in [5.74, 6) is -0.638. The van der Waals surface area contributed by atoms with Crippen LogP contribution in [-0.4, -0.2) is 28.8 Å². The summed E-state index contributed by atoms with van der Waals surface area (Å²) < 4.78 is 30.9. The van der Waals surface area contributed by atoms with Gasteiger partial charge in [0.25, 0.3) is 0 Å². The second-order valence-corrected chi connectivity index (χ2v) is 6.84. The van der Waals surface area contributed by atoms with E-state index in [4.69, 9.17) is 16.0 Å². The average molecular weight is 410 g/mol. The fraction of sp³-hybridized carbons (Fsp3) is 0.111. The number of nitrogens with zero attached hydrogens (tertiary/aromatic N) is 1. The highest BCUT2D eigenvalue weighted by molar-refractivity contribution is 7.84. The number of nitrogens with one attached hydrogen (secondary N) is 1. The van der Waals surface area contributed by atoms with Crippen molar-refractivity contribution in [2.45, 2.75) is 4.90 Å². The summed E-state index contributed by atoms with van der Waals surface area (Å²) in [6.07, 6.45) is 2.08. The standard InChI is InChI=1S/C17H12ClFN2O3S.CH5N/c1-25(23)11-7-5-10(6-8-11)20-16-14(9-22)21-17(24-16)15-12(18)3-2-4-13(15)19;1-2/h2-9,20H,1H3;2H2,1H3. The molecule has 0 aliphatic heterocycles. The number of rotatable bonds is 5. The van der Waals surface area contributed by atoms with Gasteiger partial charge >= 0.3 is 0 Å². The van der Waals surface area contributed by atoms with Crippen molar-refractivity contribution in [2.75, 3.05) is 18.6 Å². The molecule has 0 spiro atoms. The Morgan fingerprint density at radius 3 is 2.44 bits per heavy atom. The Morgan fingerprint density at radius 1 is 1.22 bits per heavy atom. The molecule has 0 amide bonds. The molecule has 3 aromatic rings. The maximum atomic E-state index is 14.0. The van der Waals surface area contributed by atoms with Gasteiger partial charge in [0.05, 0.1) is 10.6 Å². The summed E-state index contributed by atoms with van der Waals surface area (Å²) >= 11 is 6.00. The number of benzene rings is 2.